The number of rotatable bonds is 1. The summed E-state index contributed by atoms with van der Waals surface area (Å²) in [6.07, 6.45) is 6.58. The Hall–Kier alpha value is -1.10. The monoisotopic (exact) mass is 272 g/mol. The van der Waals surface area contributed by atoms with E-state index < -0.39 is 0 Å². The van der Waals surface area contributed by atoms with Crippen molar-refractivity contribution in [1.82, 2.24) is 20.1 Å². The Kier molecular flexibility index (Phi) is 4.93. The summed E-state index contributed by atoms with van der Waals surface area (Å²) in [6, 6.07) is 3.96. The highest BCUT2D eigenvalue weighted by Crippen LogP contribution is 2.17. The standard InChI is InChI=1S/C11H12N4.2ClH/c1-4-12-5-2-10(1)15-11-3-6-13-7-9(11)8-14-15;;/h1-2,4-5,8,13H,3,6-7H2;2*1H. The van der Waals surface area contributed by atoms with Crippen LogP contribution in [0.25, 0.3) is 5.69 Å². The zero-order valence-electron chi connectivity index (χ0n) is 9.17. The molecule has 0 bridgehead atoms. The first-order valence-corrected chi connectivity index (χ1v) is 5.12. The van der Waals surface area contributed by atoms with E-state index in [1.807, 2.05) is 23.0 Å². The van der Waals surface area contributed by atoms with E-state index in [4.69, 9.17) is 0 Å². The minimum atomic E-state index is 0. The Morgan fingerprint density at radius 1 is 1.18 bits per heavy atom. The molecule has 0 atom stereocenters. The van der Waals surface area contributed by atoms with Gasteiger partial charge in [-0.1, -0.05) is 0 Å². The van der Waals surface area contributed by atoms with E-state index in [0.717, 1.165) is 25.2 Å². The van der Waals surface area contributed by atoms with E-state index in [0.29, 0.717) is 0 Å². The van der Waals surface area contributed by atoms with Crippen LogP contribution in [0.1, 0.15) is 11.3 Å². The SMILES string of the molecule is Cl.Cl.c1cc(-n2ncc3c2CCNC3)ccn1. The van der Waals surface area contributed by atoms with Crippen molar-refractivity contribution in [1.29, 1.82) is 0 Å². The maximum absolute atomic E-state index is 4.42. The Labute approximate surface area is 112 Å². The molecule has 4 nitrogen and oxygen atoms in total. The van der Waals surface area contributed by atoms with Crippen LogP contribution >= 0.6 is 24.8 Å². The van der Waals surface area contributed by atoms with Gasteiger partial charge in [-0.3, -0.25) is 4.98 Å². The Balaban J connectivity index is 0.000000722. The predicted octanol–water partition coefficient (Wildman–Crippen LogP) is 1.76. The van der Waals surface area contributed by atoms with Gasteiger partial charge in [0.2, 0.25) is 0 Å². The van der Waals surface area contributed by atoms with Crippen molar-refractivity contribution in [2.24, 2.45) is 0 Å². The van der Waals surface area contributed by atoms with Gasteiger partial charge in [-0.2, -0.15) is 5.10 Å². The van der Waals surface area contributed by atoms with Crippen LogP contribution in [0.2, 0.25) is 0 Å². The lowest BCUT2D eigenvalue weighted by Crippen LogP contribution is -2.24. The van der Waals surface area contributed by atoms with Crippen molar-refractivity contribution in [3.63, 3.8) is 0 Å². The molecule has 17 heavy (non-hydrogen) atoms. The third-order valence-corrected chi connectivity index (χ3v) is 2.72. The smallest absolute Gasteiger partial charge is 0.0679 e. The highest BCUT2D eigenvalue weighted by atomic mass is 35.5. The highest BCUT2D eigenvalue weighted by molar-refractivity contribution is 5.85. The second-order valence-electron chi connectivity index (χ2n) is 3.66. The lowest BCUT2D eigenvalue weighted by molar-refractivity contribution is 0.622. The summed E-state index contributed by atoms with van der Waals surface area (Å²) in [5, 5.41) is 7.76. The number of hydrogen-bond donors (Lipinski definition) is 1. The molecule has 3 heterocycles. The average molecular weight is 273 g/mol. The summed E-state index contributed by atoms with van der Waals surface area (Å²) in [4.78, 5) is 4.01. The third-order valence-electron chi connectivity index (χ3n) is 2.72. The number of halogens is 2. The summed E-state index contributed by atoms with van der Waals surface area (Å²) in [6.45, 7) is 1.96. The highest BCUT2D eigenvalue weighted by Gasteiger charge is 2.14. The van der Waals surface area contributed by atoms with Gasteiger partial charge in [-0.15, -0.1) is 24.8 Å². The van der Waals surface area contributed by atoms with Gasteiger partial charge in [0.1, 0.15) is 0 Å². The fourth-order valence-electron chi connectivity index (χ4n) is 1.96. The molecule has 0 amide bonds. The Bertz CT molecular complexity index is 470. The van der Waals surface area contributed by atoms with Gasteiger partial charge in [0.25, 0.3) is 0 Å². The van der Waals surface area contributed by atoms with Crippen molar-refractivity contribution in [2.75, 3.05) is 6.54 Å². The molecule has 1 aliphatic rings. The van der Waals surface area contributed by atoms with Crippen molar-refractivity contribution in [3.8, 4) is 5.69 Å². The van der Waals surface area contributed by atoms with Crippen molar-refractivity contribution in [2.45, 2.75) is 13.0 Å². The number of fused-ring (bicyclic) bond motifs is 1. The first kappa shape index (κ1) is 14.0. The first-order valence-electron chi connectivity index (χ1n) is 5.12. The van der Waals surface area contributed by atoms with Crippen LogP contribution in [0.15, 0.2) is 30.7 Å². The normalized spacial score (nSPS) is 13.2. The van der Waals surface area contributed by atoms with Crippen LogP contribution in [0.3, 0.4) is 0 Å². The van der Waals surface area contributed by atoms with Gasteiger partial charge < -0.3 is 5.32 Å². The second-order valence-corrected chi connectivity index (χ2v) is 3.66. The number of nitrogens with one attached hydrogen (secondary N) is 1. The quantitative estimate of drug-likeness (QED) is 0.861. The molecule has 1 N–H and O–H groups in total. The van der Waals surface area contributed by atoms with E-state index >= 15 is 0 Å². The molecule has 2 aromatic rings. The number of hydrogen-bond acceptors (Lipinski definition) is 3. The molecule has 92 valence electrons. The Morgan fingerprint density at radius 3 is 2.71 bits per heavy atom. The van der Waals surface area contributed by atoms with Crippen LogP contribution in [0.5, 0.6) is 0 Å². The maximum atomic E-state index is 4.42. The van der Waals surface area contributed by atoms with Crippen molar-refractivity contribution >= 4 is 24.8 Å². The first-order chi connectivity index (χ1) is 7.45. The number of aromatic nitrogens is 3. The molecule has 0 saturated carbocycles. The van der Waals surface area contributed by atoms with Gasteiger partial charge in [0.05, 0.1) is 11.9 Å². The van der Waals surface area contributed by atoms with Gasteiger partial charge in [-0.25, -0.2) is 4.68 Å². The average Bonchev–Trinajstić information content (AvgIpc) is 2.74. The van der Waals surface area contributed by atoms with Crippen LogP contribution in [0, 0.1) is 0 Å². The molecule has 0 aliphatic carbocycles. The molecular formula is C11H14Cl2N4. The van der Waals surface area contributed by atoms with Crippen molar-refractivity contribution < 1.29 is 0 Å². The number of pyridine rings is 1. The molecule has 0 spiro atoms. The molecule has 0 aromatic carbocycles. The Morgan fingerprint density at radius 2 is 1.94 bits per heavy atom. The summed E-state index contributed by atoms with van der Waals surface area (Å²) in [5.41, 5.74) is 3.71. The fourth-order valence-corrected chi connectivity index (χ4v) is 1.96. The lowest BCUT2D eigenvalue weighted by atomic mass is 10.1. The molecule has 6 heteroatoms. The summed E-state index contributed by atoms with van der Waals surface area (Å²) < 4.78 is 2.01. The van der Waals surface area contributed by atoms with E-state index in [2.05, 4.69) is 15.4 Å². The van der Waals surface area contributed by atoms with E-state index in [-0.39, 0.29) is 24.8 Å². The maximum Gasteiger partial charge on any atom is 0.0679 e. The molecule has 3 rings (SSSR count). The fraction of sp³-hybridized carbons (Fsp3) is 0.273. The van der Waals surface area contributed by atoms with E-state index in [1.165, 1.54) is 11.3 Å². The molecule has 0 unspecified atom stereocenters. The zero-order valence-corrected chi connectivity index (χ0v) is 10.8. The second kappa shape index (κ2) is 6.00. The molecule has 1 aliphatic heterocycles. The van der Waals surface area contributed by atoms with Gasteiger partial charge in [0.15, 0.2) is 0 Å². The van der Waals surface area contributed by atoms with Crippen LogP contribution in [-0.4, -0.2) is 21.3 Å². The van der Waals surface area contributed by atoms with E-state index in [9.17, 15) is 0 Å². The lowest BCUT2D eigenvalue weighted by Gasteiger charge is -2.14. The molecule has 2 aromatic heterocycles. The van der Waals surface area contributed by atoms with Gasteiger partial charge in [0, 0.05) is 43.2 Å². The molecule has 0 fully saturated rings. The summed E-state index contributed by atoms with van der Waals surface area (Å²) in [7, 11) is 0. The minimum Gasteiger partial charge on any atom is -0.312 e. The number of nitrogens with zero attached hydrogens (tertiary/aromatic N) is 3. The largest absolute Gasteiger partial charge is 0.312 e. The van der Waals surface area contributed by atoms with Crippen LogP contribution < -0.4 is 5.32 Å². The zero-order chi connectivity index (χ0) is 10.1. The van der Waals surface area contributed by atoms with Gasteiger partial charge in [-0.05, 0) is 12.1 Å². The van der Waals surface area contributed by atoms with Crippen molar-refractivity contribution in [3.05, 3.63) is 42.0 Å². The molecule has 0 radical (unpaired) electrons. The summed E-state index contributed by atoms with van der Waals surface area (Å²) >= 11 is 0. The molecule has 0 saturated heterocycles. The third kappa shape index (κ3) is 2.60. The topological polar surface area (TPSA) is 42.7 Å². The van der Waals surface area contributed by atoms with Crippen LogP contribution in [0.4, 0.5) is 0 Å². The van der Waals surface area contributed by atoms with E-state index in [1.54, 1.807) is 12.4 Å². The summed E-state index contributed by atoms with van der Waals surface area (Å²) in [5.74, 6) is 0. The van der Waals surface area contributed by atoms with Crippen LogP contribution in [-0.2, 0) is 13.0 Å². The molecular weight excluding hydrogens is 259 g/mol. The predicted molar refractivity (Wildman–Crippen MR) is 71.3 cm³/mol. The van der Waals surface area contributed by atoms with Gasteiger partial charge >= 0.3 is 0 Å². The minimum absolute atomic E-state index is 0.